The number of methoxy groups -OCH3 is 1. The number of carbonyl (C=O) groups excluding carboxylic acids is 1. The van der Waals surface area contributed by atoms with Crippen LogP contribution in [0.25, 0.3) is 0 Å². The van der Waals surface area contributed by atoms with E-state index in [4.69, 9.17) is 21.1 Å². The molecule has 0 N–H and O–H groups in total. The third-order valence-electron chi connectivity index (χ3n) is 3.60. The lowest BCUT2D eigenvalue weighted by Crippen LogP contribution is -2.22. The average molecular weight is 271 g/mol. The van der Waals surface area contributed by atoms with E-state index in [9.17, 15) is 4.79 Å². The third kappa shape index (κ3) is 3.15. The number of esters is 1. The van der Waals surface area contributed by atoms with Gasteiger partial charge in [0.05, 0.1) is 12.5 Å². The molecule has 0 amide bonds. The van der Waals surface area contributed by atoms with Gasteiger partial charge in [-0.1, -0.05) is 30.2 Å². The van der Waals surface area contributed by atoms with Crippen molar-refractivity contribution in [3.63, 3.8) is 0 Å². The van der Waals surface area contributed by atoms with Crippen LogP contribution in [0.3, 0.4) is 0 Å². The fraction of sp³-hybridized carbons (Fsp3) is 0.643. The molecule has 2 rings (SSSR count). The lowest BCUT2D eigenvalue weighted by Gasteiger charge is -2.30. The highest BCUT2D eigenvalue weighted by Crippen LogP contribution is 2.40. The lowest BCUT2D eigenvalue weighted by molar-refractivity contribution is -0.148. The smallest absolute Gasteiger partial charge is 0.313 e. The van der Waals surface area contributed by atoms with Crippen molar-refractivity contribution in [3.05, 3.63) is 22.8 Å². The first-order valence-corrected chi connectivity index (χ1v) is 6.82. The SMILES string of the molecule is COCCOC(=O)C1C=CC(C2CCC2)=C(Cl)C1. The summed E-state index contributed by atoms with van der Waals surface area (Å²) in [4.78, 5) is 11.8. The molecule has 100 valence electrons. The number of allylic oxidation sites excluding steroid dienone is 3. The average Bonchev–Trinajstić information content (AvgIpc) is 2.29. The van der Waals surface area contributed by atoms with Gasteiger partial charge in [-0.2, -0.15) is 0 Å². The van der Waals surface area contributed by atoms with E-state index in [2.05, 4.69) is 0 Å². The molecule has 0 saturated heterocycles. The number of carbonyl (C=O) groups is 1. The third-order valence-corrected chi connectivity index (χ3v) is 3.97. The first kappa shape index (κ1) is 13.6. The molecule has 3 nitrogen and oxygen atoms in total. The predicted molar refractivity (Wildman–Crippen MR) is 70.3 cm³/mol. The van der Waals surface area contributed by atoms with Gasteiger partial charge in [0.15, 0.2) is 0 Å². The van der Waals surface area contributed by atoms with Crippen LogP contribution in [0.15, 0.2) is 22.8 Å². The summed E-state index contributed by atoms with van der Waals surface area (Å²) in [5, 5.41) is 0.830. The number of ether oxygens (including phenoxy) is 2. The largest absolute Gasteiger partial charge is 0.463 e. The maximum absolute atomic E-state index is 11.8. The Morgan fingerprint density at radius 2 is 2.22 bits per heavy atom. The summed E-state index contributed by atoms with van der Waals surface area (Å²) in [6, 6.07) is 0. The van der Waals surface area contributed by atoms with Crippen LogP contribution in [0.2, 0.25) is 0 Å². The maximum atomic E-state index is 11.8. The molecule has 2 aliphatic rings. The Hall–Kier alpha value is -0.800. The van der Waals surface area contributed by atoms with E-state index in [0.29, 0.717) is 25.6 Å². The summed E-state index contributed by atoms with van der Waals surface area (Å²) in [6.45, 7) is 0.732. The Labute approximate surface area is 113 Å². The Morgan fingerprint density at radius 1 is 1.44 bits per heavy atom. The summed E-state index contributed by atoms with van der Waals surface area (Å²) in [6.07, 6.45) is 8.24. The molecule has 2 aliphatic carbocycles. The zero-order valence-corrected chi connectivity index (χ0v) is 11.4. The molecule has 1 fully saturated rings. The van der Waals surface area contributed by atoms with Gasteiger partial charge in [0.1, 0.15) is 6.61 Å². The van der Waals surface area contributed by atoms with Crippen LogP contribution < -0.4 is 0 Å². The zero-order valence-electron chi connectivity index (χ0n) is 10.7. The van der Waals surface area contributed by atoms with Crippen molar-refractivity contribution >= 4 is 17.6 Å². The summed E-state index contributed by atoms with van der Waals surface area (Å²) in [5.41, 5.74) is 1.23. The molecule has 0 spiro atoms. The van der Waals surface area contributed by atoms with Crippen molar-refractivity contribution in [3.8, 4) is 0 Å². The highest BCUT2D eigenvalue weighted by Gasteiger charge is 2.28. The molecule has 1 atom stereocenters. The van der Waals surface area contributed by atoms with Gasteiger partial charge in [0, 0.05) is 18.6 Å². The van der Waals surface area contributed by atoms with E-state index in [1.807, 2.05) is 12.2 Å². The molecule has 0 aromatic rings. The second-order valence-corrected chi connectivity index (χ2v) is 5.27. The minimum atomic E-state index is -0.238. The standard InChI is InChI=1S/C14H19ClO3/c1-17-7-8-18-14(16)11-5-6-12(13(15)9-11)10-3-2-4-10/h5-6,10-11H,2-4,7-9H2,1H3. The summed E-state index contributed by atoms with van der Waals surface area (Å²) < 4.78 is 9.95. The quantitative estimate of drug-likeness (QED) is 0.569. The second kappa shape index (κ2) is 6.39. The molecule has 4 heteroatoms. The normalized spacial score (nSPS) is 24.0. The molecular formula is C14H19ClO3. The van der Waals surface area contributed by atoms with Crippen molar-refractivity contribution in [2.75, 3.05) is 20.3 Å². The number of hydrogen-bond acceptors (Lipinski definition) is 3. The van der Waals surface area contributed by atoms with Crippen LogP contribution in [0.5, 0.6) is 0 Å². The monoisotopic (exact) mass is 270 g/mol. The fourth-order valence-electron chi connectivity index (χ4n) is 2.26. The first-order valence-electron chi connectivity index (χ1n) is 6.44. The predicted octanol–water partition coefficient (Wildman–Crippen LogP) is 3.05. The Morgan fingerprint density at radius 3 is 2.78 bits per heavy atom. The van der Waals surface area contributed by atoms with Gasteiger partial charge in [-0.3, -0.25) is 4.79 Å². The molecule has 0 heterocycles. The maximum Gasteiger partial charge on any atom is 0.313 e. The molecule has 18 heavy (non-hydrogen) atoms. The van der Waals surface area contributed by atoms with Gasteiger partial charge in [-0.15, -0.1) is 0 Å². The van der Waals surface area contributed by atoms with Crippen LogP contribution in [-0.2, 0) is 14.3 Å². The van der Waals surface area contributed by atoms with E-state index >= 15 is 0 Å². The molecule has 0 radical (unpaired) electrons. The number of hydrogen-bond donors (Lipinski definition) is 0. The number of rotatable bonds is 5. The molecule has 0 aromatic carbocycles. The molecule has 0 aromatic heterocycles. The molecule has 1 saturated carbocycles. The van der Waals surface area contributed by atoms with Gasteiger partial charge in [-0.05, 0) is 24.3 Å². The molecule has 0 bridgehead atoms. The summed E-state index contributed by atoms with van der Waals surface area (Å²) in [5.74, 6) is 0.159. The zero-order chi connectivity index (χ0) is 13.0. The minimum absolute atomic E-state index is 0.214. The Kier molecular flexibility index (Phi) is 4.84. The highest BCUT2D eigenvalue weighted by molar-refractivity contribution is 6.30. The van der Waals surface area contributed by atoms with E-state index in [1.54, 1.807) is 7.11 Å². The molecule has 0 aliphatic heterocycles. The van der Waals surface area contributed by atoms with E-state index < -0.39 is 0 Å². The summed E-state index contributed by atoms with van der Waals surface area (Å²) >= 11 is 6.29. The van der Waals surface area contributed by atoms with E-state index in [0.717, 1.165) is 5.03 Å². The van der Waals surface area contributed by atoms with Crippen LogP contribution in [0, 0.1) is 11.8 Å². The molecule has 1 unspecified atom stereocenters. The second-order valence-electron chi connectivity index (χ2n) is 4.82. The molecular weight excluding hydrogens is 252 g/mol. The van der Waals surface area contributed by atoms with Crippen LogP contribution >= 0.6 is 11.6 Å². The summed E-state index contributed by atoms with van der Waals surface area (Å²) in [7, 11) is 1.58. The first-order chi connectivity index (χ1) is 8.72. The Bertz CT molecular complexity index is 369. The van der Waals surface area contributed by atoms with Gasteiger partial charge in [-0.25, -0.2) is 0 Å². The minimum Gasteiger partial charge on any atom is -0.463 e. The van der Waals surface area contributed by atoms with E-state index in [1.165, 1.54) is 24.8 Å². The highest BCUT2D eigenvalue weighted by atomic mass is 35.5. The van der Waals surface area contributed by atoms with Gasteiger partial charge in [0.25, 0.3) is 0 Å². The van der Waals surface area contributed by atoms with Crippen molar-refractivity contribution in [2.24, 2.45) is 11.8 Å². The lowest BCUT2D eigenvalue weighted by atomic mass is 9.77. The van der Waals surface area contributed by atoms with Gasteiger partial charge >= 0.3 is 5.97 Å². The van der Waals surface area contributed by atoms with Crippen LogP contribution in [-0.4, -0.2) is 26.3 Å². The van der Waals surface area contributed by atoms with Crippen LogP contribution in [0.4, 0.5) is 0 Å². The van der Waals surface area contributed by atoms with Crippen molar-refractivity contribution in [2.45, 2.75) is 25.7 Å². The Balaban J connectivity index is 1.86. The van der Waals surface area contributed by atoms with Crippen molar-refractivity contribution < 1.29 is 14.3 Å². The topological polar surface area (TPSA) is 35.5 Å². The van der Waals surface area contributed by atoms with Gasteiger partial charge < -0.3 is 9.47 Å². The van der Waals surface area contributed by atoms with Crippen molar-refractivity contribution in [1.82, 2.24) is 0 Å². The van der Waals surface area contributed by atoms with Crippen LogP contribution in [0.1, 0.15) is 25.7 Å². The fourth-order valence-corrected chi connectivity index (χ4v) is 2.64. The van der Waals surface area contributed by atoms with Crippen molar-refractivity contribution in [1.29, 1.82) is 0 Å². The number of halogens is 1. The van der Waals surface area contributed by atoms with E-state index in [-0.39, 0.29) is 11.9 Å². The van der Waals surface area contributed by atoms with Gasteiger partial charge in [0.2, 0.25) is 0 Å².